The number of likely N-dealkylation sites (N-methyl/N-ethyl adjacent to an activating group) is 1. The Labute approximate surface area is 122 Å². The highest BCUT2D eigenvalue weighted by molar-refractivity contribution is 5.78. The first-order valence-corrected chi connectivity index (χ1v) is 7.54. The van der Waals surface area contributed by atoms with Crippen LogP contribution in [0.4, 0.5) is 0 Å². The third-order valence-electron chi connectivity index (χ3n) is 3.63. The van der Waals surface area contributed by atoms with Crippen LogP contribution in [0.2, 0.25) is 0 Å². The first-order valence-electron chi connectivity index (χ1n) is 7.54. The number of rotatable bonds is 6. The number of hydrogen-bond donors (Lipinski definition) is 0. The summed E-state index contributed by atoms with van der Waals surface area (Å²) in [6, 6.07) is 0. The summed E-state index contributed by atoms with van der Waals surface area (Å²) in [7, 11) is 1.87. The van der Waals surface area contributed by atoms with Crippen molar-refractivity contribution < 1.29 is 14.3 Å². The topological polar surface area (TPSA) is 49.9 Å². The Kier molecular flexibility index (Phi) is 6.99. The van der Waals surface area contributed by atoms with E-state index in [0.717, 1.165) is 13.1 Å². The van der Waals surface area contributed by atoms with Gasteiger partial charge in [0, 0.05) is 19.6 Å². The number of piperidine rings is 1. The maximum Gasteiger partial charge on any atom is 0.307 e. The van der Waals surface area contributed by atoms with Gasteiger partial charge in [-0.25, -0.2) is 0 Å². The largest absolute Gasteiger partial charge is 0.466 e. The van der Waals surface area contributed by atoms with E-state index in [2.05, 4.69) is 13.8 Å². The van der Waals surface area contributed by atoms with Gasteiger partial charge >= 0.3 is 5.97 Å². The van der Waals surface area contributed by atoms with Crippen molar-refractivity contribution in [3.05, 3.63) is 0 Å². The van der Waals surface area contributed by atoms with Crippen molar-refractivity contribution in [2.24, 2.45) is 11.8 Å². The molecule has 1 saturated heterocycles. The van der Waals surface area contributed by atoms with E-state index in [1.165, 1.54) is 6.42 Å². The van der Waals surface area contributed by atoms with Crippen LogP contribution in [0.1, 0.15) is 33.6 Å². The molecule has 0 aliphatic carbocycles. The second kappa shape index (κ2) is 8.25. The van der Waals surface area contributed by atoms with Crippen LogP contribution < -0.4 is 0 Å². The molecule has 0 aromatic rings. The number of likely N-dealkylation sites (tertiary alicyclic amines) is 1. The lowest BCUT2D eigenvalue weighted by molar-refractivity contribution is -0.144. The lowest BCUT2D eigenvalue weighted by Crippen LogP contribution is -2.46. The number of esters is 1. The maximum atomic E-state index is 12.2. The predicted molar refractivity (Wildman–Crippen MR) is 78.3 cm³/mol. The van der Waals surface area contributed by atoms with Crippen LogP contribution in [0.3, 0.4) is 0 Å². The van der Waals surface area contributed by atoms with Gasteiger partial charge in [0.2, 0.25) is 5.91 Å². The summed E-state index contributed by atoms with van der Waals surface area (Å²) in [6.07, 6.45) is 1.53. The van der Waals surface area contributed by atoms with E-state index in [4.69, 9.17) is 4.74 Å². The zero-order valence-corrected chi connectivity index (χ0v) is 13.2. The van der Waals surface area contributed by atoms with Gasteiger partial charge in [0.05, 0.1) is 19.6 Å². The van der Waals surface area contributed by atoms with Crippen molar-refractivity contribution in [3.8, 4) is 0 Å². The fraction of sp³-hybridized carbons (Fsp3) is 0.867. The van der Waals surface area contributed by atoms with Gasteiger partial charge in [0.25, 0.3) is 0 Å². The number of carbonyl (C=O) groups is 2. The standard InChI is InChI=1S/C15H28N2O3/c1-5-20-15(19)6-7-16(4)11-14(18)17-9-12(2)8-13(3)10-17/h12-13H,5-11H2,1-4H3. The Morgan fingerprint density at radius 2 is 1.85 bits per heavy atom. The second-order valence-electron chi connectivity index (χ2n) is 6.04. The molecule has 0 spiro atoms. The van der Waals surface area contributed by atoms with Gasteiger partial charge in [0.15, 0.2) is 0 Å². The molecule has 1 amide bonds. The van der Waals surface area contributed by atoms with Gasteiger partial charge in [-0.1, -0.05) is 13.8 Å². The summed E-state index contributed by atoms with van der Waals surface area (Å²) in [5, 5.41) is 0. The number of ether oxygens (including phenoxy) is 1. The maximum absolute atomic E-state index is 12.2. The first kappa shape index (κ1) is 17.0. The molecule has 5 heteroatoms. The highest BCUT2D eigenvalue weighted by Gasteiger charge is 2.25. The summed E-state index contributed by atoms with van der Waals surface area (Å²) in [5.41, 5.74) is 0. The minimum Gasteiger partial charge on any atom is -0.466 e. The lowest BCUT2D eigenvalue weighted by Gasteiger charge is -2.35. The molecule has 0 radical (unpaired) electrons. The number of carbonyl (C=O) groups excluding carboxylic acids is 2. The van der Waals surface area contributed by atoms with Gasteiger partial charge in [0.1, 0.15) is 0 Å². The SMILES string of the molecule is CCOC(=O)CCN(C)CC(=O)N1CC(C)CC(C)C1. The van der Waals surface area contributed by atoms with Crippen molar-refractivity contribution in [2.45, 2.75) is 33.6 Å². The Hall–Kier alpha value is -1.10. The molecule has 1 fully saturated rings. The van der Waals surface area contributed by atoms with Crippen LogP contribution in [0.5, 0.6) is 0 Å². The fourth-order valence-electron chi connectivity index (χ4n) is 2.79. The second-order valence-corrected chi connectivity index (χ2v) is 6.04. The van der Waals surface area contributed by atoms with Crippen LogP contribution in [0.15, 0.2) is 0 Å². The molecule has 1 aliphatic heterocycles. The van der Waals surface area contributed by atoms with E-state index in [1.807, 2.05) is 16.8 Å². The summed E-state index contributed by atoms with van der Waals surface area (Å²) in [6.45, 7) is 9.24. The van der Waals surface area contributed by atoms with Gasteiger partial charge in [-0.05, 0) is 32.2 Å². The molecule has 116 valence electrons. The zero-order valence-electron chi connectivity index (χ0n) is 13.2. The molecule has 0 bridgehead atoms. The molecule has 1 aliphatic rings. The third kappa shape index (κ3) is 5.90. The van der Waals surface area contributed by atoms with Gasteiger partial charge in [-0.15, -0.1) is 0 Å². The molecule has 0 aromatic heterocycles. The van der Waals surface area contributed by atoms with E-state index < -0.39 is 0 Å². The number of hydrogen-bond acceptors (Lipinski definition) is 4. The van der Waals surface area contributed by atoms with Crippen molar-refractivity contribution in [3.63, 3.8) is 0 Å². The average molecular weight is 284 g/mol. The quantitative estimate of drug-likeness (QED) is 0.691. The minimum absolute atomic E-state index is 0.162. The highest BCUT2D eigenvalue weighted by Crippen LogP contribution is 2.20. The Morgan fingerprint density at radius 1 is 1.25 bits per heavy atom. The third-order valence-corrected chi connectivity index (χ3v) is 3.63. The summed E-state index contributed by atoms with van der Waals surface area (Å²) < 4.78 is 4.88. The summed E-state index contributed by atoms with van der Waals surface area (Å²) in [4.78, 5) is 27.4. The molecule has 2 unspecified atom stereocenters. The van der Waals surface area contributed by atoms with Gasteiger partial charge < -0.3 is 9.64 Å². The number of amides is 1. The van der Waals surface area contributed by atoms with E-state index >= 15 is 0 Å². The van der Waals surface area contributed by atoms with E-state index in [0.29, 0.717) is 38.0 Å². The molecule has 0 aromatic carbocycles. The van der Waals surface area contributed by atoms with Crippen molar-refractivity contribution >= 4 is 11.9 Å². The van der Waals surface area contributed by atoms with Crippen LogP contribution in [-0.2, 0) is 14.3 Å². The molecule has 1 rings (SSSR count). The summed E-state index contributed by atoms with van der Waals surface area (Å²) >= 11 is 0. The monoisotopic (exact) mass is 284 g/mol. The van der Waals surface area contributed by atoms with Gasteiger partial charge in [-0.3, -0.25) is 14.5 Å². The molecule has 5 nitrogen and oxygen atoms in total. The summed E-state index contributed by atoms with van der Waals surface area (Å²) in [5.74, 6) is 1.11. The fourth-order valence-corrected chi connectivity index (χ4v) is 2.79. The molecule has 0 N–H and O–H groups in total. The van der Waals surface area contributed by atoms with Gasteiger partial charge in [-0.2, -0.15) is 0 Å². The molecular formula is C15H28N2O3. The lowest BCUT2D eigenvalue weighted by atomic mass is 9.92. The van der Waals surface area contributed by atoms with Crippen molar-refractivity contribution in [2.75, 3.05) is 39.8 Å². The van der Waals surface area contributed by atoms with E-state index in [9.17, 15) is 9.59 Å². The Morgan fingerprint density at radius 3 is 2.40 bits per heavy atom. The number of nitrogens with zero attached hydrogens (tertiary/aromatic N) is 2. The van der Waals surface area contributed by atoms with Crippen LogP contribution in [0, 0.1) is 11.8 Å². The van der Waals surface area contributed by atoms with E-state index in [1.54, 1.807) is 6.92 Å². The Bertz CT molecular complexity index is 323. The first-order chi connectivity index (χ1) is 9.42. The van der Waals surface area contributed by atoms with Crippen molar-refractivity contribution in [1.82, 2.24) is 9.80 Å². The van der Waals surface area contributed by atoms with E-state index in [-0.39, 0.29) is 11.9 Å². The zero-order chi connectivity index (χ0) is 15.1. The van der Waals surface area contributed by atoms with Crippen LogP contribution in [0.25, 0.3) is 0 Å². The Balaban J connectivity index is 2.32. The molecule has 1 heterocycles. The van der Waals surface area contributed by atoms with Crippen LogP contribution in [-0.4, -0.2) is 61.5 Å². The molecular weight excluding hydrogens is 256 g/mol. The molecule has 2 atom stereocenters. The normalized spacial score (nSPS) is 22.9. The molecule has 0 saturated carbocycles. The molecule has 20 heavy (non-hydrogen) atoms. The smallest absolute Gasteiger partial charge is 0.307 e. The predicted octanol–water partition coefficient (Wildman–Crippen LogP) is 1.38. The minimum atomic E-state index is -0.202. The average Bonchev–Trinajstić information content (AvgIpc) is 2.35. The highest BCUT2D eigenvalue weighted by atomic mass is 16.5. The van der Waals surface area contributed by atoms with Crippen molar-refractivity contribution in [1.29, 1.82) is 0 Å². The van der Waals surface area contributed by atoms with Crippen LogP contribution >= 0.6 is 0 Å².